The van der Waals surface area contributed by atoms with Crippen molar-refractivity contribution < 1.29 is 19.1 Å². The lowest BCUT2D eigenvalue weighted by Crippen LogP contribution is -2.57. The zero-order valence-electron chi connectivity index (χ0n) is 18.3. The van der Waals surface area contributed by atoms with Gasteiger partial charge in [0.25, 0.3) is 0 Å². The predicted octanol–water partition coefficient (Wildman–Crippen LogP) is 3.39. The molecule has 2 saturated heterocycles. The third-order valence-electron chi connectivity index (χ3n) is 6.98. The van der Waals surface area contributed by atoms with Gasteiger partial charge in [-0.2, -0.15) is 0 Å². The molecule has 0 aromatic heterocycles. The number of carbonyl (C=O) groups is 2. The molecule has 2 aliphatic rings. The first-order valence-electron chi connectivity index (χ1n) is 10.8. The lowest BCUT2D eigenvalue weighted by Gasteiger charge is -2.47. The van der Waals surface area contributed by atoms with Crippen molar-refractivity contribution in [1.82, 2.24) is 9.80 Å². The zero-order valence-corrected chi connectivity index (χ0v) is 18.3. The average Bonchev–Trinajstić information content (AvgIpc) is 3.06. The van der Waals surface area contributed by atoms with Gasteiger partial charge in [0.15, 0.2) is 0 Å². The minimum absolute atomic E-state index is 0.0134. The Hall–Kier alpha value is -2.86. The van der Waals surface area contributed by atoms with E-state index in [2.05, 4.69) is 35.7 Å². The van der Waals surface area contributed by atoms with Crippen LogP contribution in [0.5, 0.6) is 5.75 Å². The summed E-state index contributed by atoms with van der Waals surface area (Å²) >= 11 is 0. The fourth-order valence-corrected chi connectivity index (χ4v) is 5.38. The van der Waals surface area contributed by atoms with Gasteiger partial charge < -0.3 is 14.4 Å². The summed E-state index contributed by atoms with van der Waals surface area (Å²) in [5.41, 5.74) is 0.684. The number of ether oxygens (including phenoxy) is 2. The molecule has 2 aromatic rings. The summed E-state index contributed by atoms with van der Waals surface area (Å²) in [4.78, 5) is 29.5. The fraction of sp³-hybridized carbons (Fsp3) is 0.440. The van der Waals surface area contributed by atoms with Crippen LogP contribution in [-0.2, 0) is 20.9 Å². The molecule has 2 heterocycles. The quantitative estimate of drug-likeness (QED) is 0.528. The van der Waals surface area contributed by atoms with Crippen molar-refractivity contribution in [2.45, 2.75) is 31.3 Å². The smallest absolute Gasteiger partial charge is 0.311 e. The van der Waals surface area contributed by atoms with Crippen LogP contribution < -0.4 is 4.74 Å². The molecule has 0 aliphatic carbocycles. The standard InChI is InChI=1S/C25H30N2O4/c1-4-13-27-23(28)16-21(24(29)31-3)25(27)11-14-26(15-12-25)17-20-19-8-6-5-7-18(19)9-10-22(20)30-2/h4-10,21H,1,11-17H2,2-3H3. The SMILES string of the molecule is C=CCN1C(=O)CC(C(=O)OC)C12CCN(Cc1c(OC)ccc3ccccc13)CC2. The van der Waals surface area contributed by atoms with Gasteiger partial charge in [-0.05, 0) is 29.7 Å². The maximum absolute atomic E-state index is 12.7. The van der Waals surface area contributed by atoms with Gasteiger partial charge in [0.1, 0.15) is 5.75 Å². The Balaban J connectivity index is 1.58. The number of esters is 1. The number of hydrogen-bond donors (Lipinski definition) is 0. The molecule has 1 atom stereocenters. The molecule has 1 amide bonds. The van der Waals surface area contributed by atoms with Crippen molar-refractivity contribution >= 4 is 22.6 Å². The van der Waals surface area contributed by atoms with Crippen molar-refractivity contribution in [1.29, 1.82) is 0 Å². The average molecular weight is 423 g/mol. The van der Waals surface area contributed by atoms with Crippen molar-refractivity contribution in [3.05, 3.63) is 54.6 Å². The summed E-state index contributed by atoms with van der Waals surface area (Å²) in [6.07, 6.45) is 3.43. The zero-order chi connectivity index (χ0) is 22.0. The van der Waals surface area contributed by atoms with E-state index in [0.29, 0.717) is 6.54 Å². The molecular weight excluding hydrogens is 392 g/mol. The Bertz CT molecular complexity index is 994. The summed E-state index contributed by atoms with van der Waals surface area (Å²) < 4.78 is 10.7. The van der Waals surface area contributed by atoms with E-state index in [1.54, 1.807) is 13.2 Å². The van der Waals surface area contributed by atoms with Crippen molar-refractivity contribution in [3.8, 4) is 5.75 Å². The number of rotatable bonds is 6. The van der Waals surface area contributed by atoms with Gasteiger partial charge in [-0.25, -0.2) is 0 Å². The molecule has 164 valence electrons. The number of methoxy groups -OCH3 is 2. The molecule has 2 aromatic carbocycles. The first-order valence-corrected chi connectivity index (χ1v) is 10.8. The van der Waals surface area contributed by atoms with Gasteiger partial charge in [-0.15, -0.1) is 6.58 Å². The van der Waals surface area contributed by atoms with E-state index in [1.807, 2.05) is 17.0 Å². The van der Waals surface area contributed by atoms with E-state index in [9.17, 15) is 9.59 Å². The highest BCUT2D eigenvalue weighted by atomic mass is 16.5. The highest BCUT2D eigenvalue weighted by molar-refractivity contribution is 5.89. The Morgan fingerprint density at radius 2 is 1.94 bits per heavy atom. The molecule has 1 unspecified atom stereocenters. The van der Waals surface area contributed by atoms with Gasteiger partial charge in [0.2, 0.25) is 5.91 Å². The largest absolute Gasteiger partial charge is 0.496 e. The molecule has 2 fully saturated rings. The van der Waals surface area contributed by atoms with Crippen LogP contribution in [0.15, 0.2) is 49.1 Å². The molecule has 0 saturated carbocycles. The molecule has 0 radical (unpaired) electrons. The lowest BCUT2D eigenvalue weighted by molar-refractivity contribution is -0.150. The number of amides is 1. The summed E-state index contributed by atoms with van der Waals surface area (Å²) in [6, 6.07) is 12.4. The number of piperidine rings is 1. The first kappa shape index (κ1) is 21.4. The Kier molecular flexibility index (Phi) is 6.01. The highest BCUT2D eigenvalue weighted by Gasteiger charge is 2.56. The minimum Gasteiger partial charge on any atom is -0.496 e. The van der Waals surface area contributed by atoms with Crippen LogP contribution in [0.4, 0.5) is 0 Å². The van der Waals surface area contributed by atoms with Gasteiger partial charge >= 0.3 is 5.97 Å². The number of fused-ring (bicyclic) bond motifs is 1. The maximum atomic E-state index is 12.7. The second-order valence-corrected chi connectivity index (χ2v) is 8.42. The third kappa shape index (κ3) is 3.69. The molecule has 4 rings (SSSR count). The monoisotopic (exact) mass is 422 g/mol. The Morgan fingerprint density at radius 3 is 2.61 bits per heavy atom. The van der Waals surface area contributed by atoms with Crippen LogP contribution in [0, 0.1) is 5.92 Å². The predicted molar refractivity (Wildman–Crippen MR) is 120 cm³/mol. The highest BCUT2D eigenvalue weighted by Crippen LogP contribution is 2.44. The fourth-order valence-electron chi connectivity index (χ4n) is 5.38. The molecular formula is C25H30N2O4. The van der Waals surface area contributed by atoms with Gasteiger partial charge in [0.05, 0.1) is 25.7 Å². The Morgan fingerprint density at radius 1 is 1.19 bits per heavy atom. The molecule has 0 N–H and O–H groups in total. The van der Waals surface area contributed by atoms with Crippen LogP contribution in [0.1, 0.15) is 24.8 Å². The second kappa shape index (κ2) is 8.71. The van der Waals surface area contributed by atoms with Gasteiger partial charge in [-0.3, -0.25) is 14.5 Å². The molecule has 6 heteroatoms. The van der Waals surface area contributed by atoms with Crippen LogP contribution >= 0.6 is 0 Å². The normalized spacial score (nSPS) is 20.9. The summed E-state index contributed by atoms with van der Waals surface area (Å²) in [6.45, 7) is 6.62. The maximum Gasteiger partial charge on any atom is 0.311 e. The van der Waals surface area contributed by atoms with Crippen molar-refractivity contribution in [2.75, 3.05) is 33.9 Å². The van der Waals surface area contributed by atoms with E-state index >= 15 is 0 Å². The molecule has 6 nitrogen and oxygen atoms in total. The van der Waals surface area contributed by atoms with E-state index in [0.717, 1.165) is 38.2 Å². The molecule has 31 heavy (non-hydrogen) atoms. The molecule has 2 aliphatic heterocycles. The third-order valence-corrected chi connectivity index (χ3v) is 6.98. The van der Waals surface area contributed by atoms with Crippen LogP contribution in [0.25, 0.3) is 10.8 Å². The van der Waals surface area contributed by atoms with E-state index in [-0.39, 0.29) is 18.3 Å². The van der Waals surface area contributed by atoms with E-state index in [1.165, 1.54) is 23.4 Å². The minimum atomic E-state index is -0.488. The van der Waals surface area contributed by atoms with Crippen molar-refractivity contribution in [2.24, 2.45) is 5.92 Å². The lowest BCUT2D eigenvalue weighted by atomic mass is 9.76. The number of nitrogens with zero attached hydrogens (tertiary/aromatic N) is 2. The van der Waals surface area contributed by atoms with Crippen LogP contribution in [0.3, 0.4) is 0 Å². The number of likely N-dealkylation sites (tertiary alicyclic amines) is 2. The second-order valence-electron chi connectivity index (χ2n) is 8.42. The molecule has 0 bridgehead atoms. The number of hydrogen-bond acceptors (Lipinski definition) is 5. The first-order chi connectivity index (χ1) is 15.0. The van der Waals surface area contributed by atoms with Crippen LogP contribution in [0.2, 0.25) is 0 Å². The van der Waals surface area contributed by atoms with Crippen LogP contribution in [-0.4, -0.2) is 61.1 Å². The summed E-state index contributed by atoms with van der Waals surface area (Å²) in [7, 11) is 3.11. The number of carbonyl (C=O) groups excluding carboxylic acids is 2. The molecule has 1 spiro atoms. The van der Waals surface area contributed by atoms with E-state index in [4.69, 9.17) is 9.47 Å². The number of benzene rings is 2. The van der Waals surface area contributed by atoms with Gasteiger partial charge in [-0.1, -0.05) is 36.4 Å². The topological polar surface area (TPSA) is 59.1 Å². The Labute approximate surface area is 183 Å². The summed E-state index contributed by atoms with van der Waals surface area (Å²) in [5, 5.41) is 2.38. The summed E-state index contributed by atoms with van der Waals surface area (Å²) in [5.74, 6) is 0.193. The van der Waals surface area contributed by atoms with Crippen molar-refractivity contribution in [3.63, 3.8) is 0 Å². The van der Waals surface area contributed by atoms with Gasteiger partial charge in [0, 0.05) is 38.2 Å². The van der Waals surface area contributed by atoms with E-state index < -0.39 is 11.5 Å².